The molecule has 0 heterocycles. The summed E-state index contributed by atoms with van der Waals surface area (Å²) in [5.41, 5.74) is 5.32. The standard InChI is InChI=1S/C37H70NO8P/c1-3-5-7-9-11-13-15-16-17-18-20-22-24-26-28-30-37(40)46-35(34-45-47(41,42)44-32-31-38)33-43-36(39)29-27-25-23-21-19-14-12-10-8-6-4-2/h16-17,20,22,35H,3-15,18-19,21,23-34,38H2,1-2H3,(H,41,42)/b17-16+,22-20+/t35-/m1/s1. The molecule has 0 spiro atoms. The first-order valence-electron chi connectivity index (χ1n) is 18.8. The number of esters is 2. The van der Waals surface area contributed by atoms with Gasteiger partial charge < -0.3 is 20.1 Å². The summed E-state index contributed by atoms with van der Waals surface area (Å²) in [7, 11) is -4.37. The summed E-state index contributed by atoms with van der Waals surface area (Å²) in [4.78, 5) is 34.6. The van der Waals surface area contributed by atoms with Crippen LogP contribution >= 0.6 is 7.82 Å². The summed E-state index contributed by atoms with van der Waals surface area (Å²) in [5.74, 6) is -0.866. The highest BCUT2D eigenvalue weighted by Gasteiger charge is 2.25. The first-order valence-corrected chi connectivity index (χ1v) is 20.3. The van der Waals surface area contributed by atoms with E-state index in [1.807, 2.05) is 0 Å². The number of hydrogen-bond acceptors (Lipinski definition) is 8. The van der Waals surface area contributed by atoms with E-state index in [0.717, 1.165) is 44.9 Å². The van der Waals surface area contributed by atoms with Crippen LogP contribution in [0.5, 0.6) is 0 Å². The van der Waals surface area contributed by atoms with Crippen molar-refractivity contribution in [3.8, 4) is 0 Å². The van der Waals surface area contributed by atoms with E-state index in [4.69, 9.17) is 24.3 Å². The van der Waals surface area contributed by atoms with Crippen LogP contribution in [0.15, 0.2) is 24.3 Å². The first kappa shape index (κ1) is 45.5. The van der Waals surface area contributed by atoms with E-state index in [0.29, 0.717) is 6.42 Å². The van der Waals surface area contributed by atoms with Crippen LogP contribution in [-0.4, -0.2) is 49.3 Å². The Morgan fingerprint density at radius 3 is 1.66 bits per heavy atom. The van der Waals surface area contributed by atoms with E-state index < -0.39 is 32.5 Å². The summed E-state index contributed by atoms with van der Waals surface area (Å²) in [6, 6.07) is 0. The Kier molecular flexibility index (Phi) is 33.3. The lowest BCUT2D eigenvalue weighted by molar-refractivity contribution is -0.161. The van der Waals surface area contributed by atoms with Crippen molar-refractivity contribution in [2.45, 2.75) is 174 Å². The molecule has 10 heteroatoms. The minimum atomic E-state index is -4.37. The Labute approximate surface area is 287 Å². The molecule has 47 heavy (non-hydrogen) atoms. The zero-order chi connectivity index (χ0) is 34.7. The normalized spacial score (nSPS) is 13.7. The predicted molar refractivity (Wildman–Crippen MR) is 192 cm³/mol. The molecule has 0 fully saturated rings. The lowest BCUT2D eigenvalue weighted by Gasteiger charge is -2.19. The van der Waals surface area contributed by atoms with Gasteiger partial charge in [-0.05, 0) is 44.9 Å². The van der Waals surface area contributed by atoms with Gasteiger partial charge in [-0.3, -0.25) is 18.6 Å². The minimum Gasteiger partial charge on any atom is -0.462 e. The maximum absolute atomic E-state index is 12.5. The van der Waals surface area contributed by atoms with Crippen LogP contribution in [0.1, 0.15) is 168 Å². The second-order valence-corrected chi connectivity index (χ2v) is 13.9. The minimum absolute atomic E-state index is 0.0497. The fraction of sp³-hybridized carbons (Fsp3) is 0.838. The molecule has 0 amide bonds. The van der Waals surface area contributed by atoms with Crippen molar-refractivity contribution in [2.75, 3.05) is 26.4 Å². The molecule has 2 atom stereocenters. The van der Waals surface area contributed by atoms with E-state index in [2.05, 4.69) is 38.2 Å². The number of phosphoric ester groups is 1. The number of unbranched alkanes of at least 4 members (excludes halogenated alkanes) is 18. The van der Waals surface area contributed by atoms with Gasteiger partial charge in [-0.1, -0.05) is 134 Å². The molecule has 0 aromatic rings. The molecular weight excluding hydrogens is 617 g/mol. The Balaban J connectivity index is 4.29. The molecule has 0 aliphatic heterocycles. The maximum Gasteiger partial charge on any atom is 0.472 e. The highest BCUT2D eigenvalue weighted by molar-refractivity contribution is 7.47. The average molecular weight is 688 g/mol. The molecule has 9 nitrogen and oxygen atoms in total. The number of ether oxygens (including phenoxy) is 2. The van der Waals surface area contributed by atoms with Crippen molar-refractivity contribution < 1.29 is 37.6 Å². The van der Waals surface area contributed by atoms with Crippen molar-refractivity contribution in [3.63, 3.8) is 0 Å². The van der Waals surface area contributed by atoms with Crippen molar-refractivity contribution >= 4 is 19.8 Å². The quantitative estimate of drug-likeness (QED) is 0.0289. The molecule has 0 radical (unpaired) electrons. The maximum atomic E-state index is 12.5. The molecule has 276 valence electrons. The van der Waals surface area contributed by atoms with Crippen LogP contribution in [0.2, 0.25) is 0 Å². The molecule has 1 unspecified atom stereocenters. The van der Waals surface area contributed by atoms with Crippen molar-refractivity contribution in [2.24, 2.45) is 5.73 Å². The summed E-state index contributed by atoms with van der Waals surface area (Å²) in [6.07, 6.45) is 33.5. The third-order valence-corrected chi connectivity index (χ3v) is 8.82. The van der Waals surface area contributed by atoms with Crippen LogP contribution < -0.4 is 5.73 Å². The Bertz CT molecular complexity index is 835. The van der Waals surface area contributed by atoms with Gasteiger partial charge in [-0.15, -0.1) is 0 Å². The zero-order valence-electron chi connectivity index (χ0n) is 30.0. The molecular formula is C37H70NO8P. The third kappa shape index (κ3) is 34.2. The van der Waals surface area contributed by atoms with Gasteiger partial charge in [0.15, 0.2) is 6.10 Å². The molecule has 0 aliphatic rings. The molecule has 0 aromatic heterocycles. The Hall–Kier alpha value is -1.51. The lowest BCUT2D eigenvalue weighted by Crippen LogP contribution is -2.29. The van der Waals surface area contributed by atoms with E-state index in [1.165, 1.54) is 89.9 Å². The number of carbonyl (C=O) groups is 2. The van der Waals surface area contributed by atoms with Crippen LogP contribution in [0.4, 0.5) is 0 Å². The molecule has 3 N–H and O–H groups in total. The van der Waals surface area contributed by atoms with E-state index in [-0.39, 0.29) is 32.6 Å². The van der Waals surface area contributed by atoms with Crippen LogP contribution in [0.3, 0.4) is 0 Å². The van der Waals surface area contributed by atoms with Crippen LogP contribution in [-0.2, 0) is 32.7 Å². The number of phosphoric acid groups is 1. The van der Waals surface area contributed by atoms with E-state index in [9.17, 15) is 19.0 Å². The third-order valence-electron chi connectivity index (χ3n) is 7.84. The van der Waals surface area contributed by atoms with Gasteiger partial charge in [0, 0.05) is 19.4 Å². The lowest BCUT2D eigenvalue weighted by atomic mass is 10.1. The van der Waals surface area contributed by atoms with Gasteiger partial charge in [0.1, 0.15) is 6.61 Å². The fourth-order valence-corrected chi connectivity index (χ4v) is 5.78. The SMILES string of the molecule is CCCCCCCC/C=C/C/C=C/CCCCC(=O)O[C@H](COC(=O)CCCCCCCCCCCCC)COP(=O)(O)OCCN. The number of allylic oxidation sites excluding steroid dienone is 4. The van der Waals surface area contributed by atoms with Crippen molar-refractivity contribution in [1.29, 1.82) is 0 Å². The molecule has 0 rings (SSSR count). The molecule has 0 saturated heterocycles. The fourth-order valence-electron chi connectivity index (χ4n) is 5.02. The monoisotopic (exact) mass is 687 g/mol. The van der Waals surface area contributed by atoms with Gasteiger partial charge in [0.25, 0.3) is 0 Å². The summed E-state index contributed by atoms with van der Waals surface area (Å²) >= 11 is 0. The van der Waals surface area contributed by atoms with E-state index >= 15 is 0 Å². The number of nitrogens with two attached hydrogens (primary N) is 1. The number of carbonyl (C=O) groups excluding carboxylic acids is 2. The Morgan fingerprint density at radius 1 is 0.638 bits per heavy atom. The number of rotatable bonds is 35. The van der Waals surface area contributed by atoms with Gasteiger partial charge >= 0.3 is 19.8 Å². The molecule has 0 aliphatic carbocycles. The topological polar surface area (TPSA) is 134 Å². The highest BCUT2D eigenvalue weighted by atomic mass is 31.2. The van der Waals surface area contributed by atoms with Gasteiger partial charge in [0.2, 0.25) is 0 Å². The second-order valence-electron chi connectivity index (χ2n) is 12.4. The summed E-state index contributed by atoms with van der Waals surface area (Å²) in [5, 5.41) is 0. The largest absolute Gasteiger partial charge is 0.472 e. The van der Waals surface area contributed by atoms with Crippen LogP contribution in [0, 0.1) is 0 Å². The average Bonchev–Trinajstić information content (AvgIpc) is 3.05. The second kappa shape index (κ2) is 34.4. The molecule has 0 aromatic carbocycles. The smallest absolute Gasteiger partial charge is 0.462 e. The van der Waals surface area contributed by atoms with E-state index in [1.54, 1.807) is 0 Å². The highest BCUT2D eigenvalue weighted by Crippen LogP contribution is 2.43. The van der Waals surface area contributed by atoms with Crippen molar-refractivity contribution in [3.05, 3.63) is 24.3 Å². The number of hydrogen-bond donors (Lipinski definition) is 2. The summed E-state index contributed by atoms with van der Waals surface area (Å²) in [6.45, 7) is 3.67. The van der Waals surface area contributed by atoms with Gasteiger partial charge in [-0.25, -0.2) is 4.57 Å². The van der Waals surface area contributed by atoms with Crippen molar-refractivity contribution in [1.82, 2.24) is 0 Å². The zero-order valence-corrected chi connectivity index (χ0v) is 30.9. The van der Waals surface area contributed by atoms with Crippen LogP contribution in [0.25, 0.3) is 0 Å². The Morgan fingerprint density at radius 2 is 1.11 bits per heavy atom. The summed E-state index contributed by atoms with van der Waals surface area (Å²) < 4.78 is 32.6. The van der Waals surface area contributed by atoms with Gasteiger partial charge in [-0.2, -0.15) is 0 Å². The predicted octanol–water partition coefficient (Wildman–Crippen LogP) is 10.0. The molecule has 0 saturated carbocycles. The molecule has 0 bridgehead atoms. The first-order chi connectivity index (χ1) is 22.8. The van der Waals surface area contributed by atoms with Gasteiger partial charge in [0.05, 0.1) is 13.2 Å².